The van der Waals surface area contributed by atoms with Gasteiger partial charge < -0.3 is 0 Å². The number of hydrogen-bond donors (Lipinski definition) is 0. The molecule has 3 aromatic heterocycles. The third-order valence-electron chi connectivity index (χ3n) is 6.35. The molecule has 0 N–H and O–H groups in total. The summed E-state index contributed by atoms with van der Waals surface area (Å²) in [5.74, 6) is 0.435. The average Bonchev–Trinajstić information content (AvgIpc) is 3.42. The van der Waals surface area contributed by atoms with Gasteiger partial charge in [0.25, 0.3) is 5.56 Å². The minimum Gasteiger partial charge on any atom is -0.292 e. The topological polar surface area (TPSA) is 78.4 Å². The van der Waals surface area contributed by atoms with Crippen molar-refractivity contribution < 1.29 is 4.79 Å². The van der Waals surface area contributed by atoms with Crippen LogP contribution in [0.3, 0.4) is 0 Å². The summed E-state index contributed by atoms with van der Waals surface area (Å²) in [5.41, 5.74) is 4.49. The Labute approximate surface area is 205 Å². The number of carbonyl (C=O) groups excluding carboxylic acids is 1. The molecule has 0 saturated carbocycles. The normalized spacial score (nSPS) is 11.7. The van der Waals surface area contributed by atoms with Crippen LogP contribution in [0, 0.1) is 13.8 Å². The standard InChI is InChI=1S/C27H26N4O3S/c1-16(2)20-8-6-19(7-9-20)14-29-25(33)24-22(11-12-35-24)31-26(29)28-30(27(31)34)15-23(32)21-10-5-17(3)13-18(21)4/h5-13,16H,14-15H2,1-4H3. The van der Waals surface area contributed by atoms with E-state index in [1.807, 2.05) is 38.1 Å². The highest BCUT2D eigenvalue weighted by Crippen LogP contribution is 2.19. The molecule has 0 aliphatic rings. The Morgan fingerprint density at radius 3 is 2.46 bits per heavy atom. The lowest BCUT2D eigenvalue weighted by atomic mass is 10.0. The van der Waals surface area contributed by atoms with Gasteiger partial charge in [0.15, 0.2) is 5.78 Å². The third kappa shape index (κ3) is 4.04. The molecular formula is C27H26N4O3S. The molecule has 0 aliphatic carbocycles. The minimum absolute atomic E-state index is 0.201. The van der Waals surface area contributed by atoms with E-state index in [0.717, 1.165) is 21.4 Å². The van der Waals surface area contributed by atoms with Crippen molar-refractivity contribution in [1.82, 2.24) is 18.7 Å². The van der Waals surface area contributed by atoms with Crippen LogP contribution in [0.1, 0.15) is 52.4 Å². The SMILES string of the molecule is Cc1ccc(C(=O)Cn2nc3n(Cc4ccc(C(C)C)cc4)c(=O)c4sccc4n3c2=O)c(C)c1. The maximum atomic E-state index is 13.4. The lowest BCUT2D eigenvalue weighted by Crippen LogP contribution is -2.27. The maximum absolute atomic E-state index is 13.4. The summed E-state index contributed by atoms with van der Waals surface area (Å²) in [7, 11) is 0. The van der Waals surface area contributed by atoms with Crippen molar-refractivity contribution in [3.8, 4) is 0 Å². The van der Waals surface area contributed by atoms with Crippen LogP contribution in [0.15, 0.2) is 63.5 Å². The molecule has 0 bridgehead atoms. The second kappa shape index (κ2) is 8.78. The third-order valence-corrected chi connectivity index (χ3v) is 7.24. The lowest BCUT2D eigenvalue weighted by Gasteiger charge is -2.10. The molecule has 0 radical (unpaired) electrons. The van der Waals surface area contributed by atoms with E-state index < -0.39 is 5.69 Å². The molecule has 0 spiro atoms. The minimum atomic E-state index is -0.439. The van der Waals surface area contributed by atoms with Gasteiger partial charge in [0.2, 0.25) is 5.78 Å². The molecule has 0 unspecified atom stereocenters. The highest BCUT2D eigenvalue weighted by Gasteiger charge is 2.20. The molecule has 178 valence electrons. The first-order chi connectivity index (χ1) is 16.7. The van der Waals surface area contributed by atoms with Crippen LogP contribution in [0.25, 0.3) is 16.0 Å². The van der Waals surface area contributed by atoms with Crippen LogP contribution >= 0.6 is 11.3 Å². The van der Waals surface area contributed by atoms with Gasteiger partial charge >= 0.3 is 5.69 Å². The van der Waals surface area contributed by atoms with Gasteiger partial charge in [0.05, 0.1) is 12.1 Å². The zero-order valence-corrected chi connectivity index (χ0v) is 20.9. The fourth-order valence-electron chi connectivity index (χ4n) is 4.42. The van der Waals surface area contributed by atoms with Crippen LogP contribution in [0.4, 0.5) is 0 Å². The summed E-state index contributed by atoms with van der Waals surface area (Å²) in [5, 5.41) is 6.26. The first-order valence-corrected chi connectivity index (χ1v) is 12.4. The van der Waals surface area contributed by atoms with E-state index in [0.29, 0.717) is 21.7 Å². The molecule has 3 heterocycles. The second-order valence-electron chi connectivity index (χ2n) is 9.24. The number of rotatable bonds is 6. The molecule has 0 saturated heterocycles. The number of ketones is 1. The Balaban J connectivity index is 1.62. The number of fused-ring (bicyclic) bond motifs is 3. The van der Waals surface area contributed by atoms with Crippen molar-refractivity contribution in [2.24, 2.45) is 0 Å². The Hall–Kier alpha value is -3.78. The molecule has 35 heavy (non-hydrogen) atoms. The van der Waals surface area contributed by atoms with Crippen LogP contribution in [0.5, 0.6) is 0 Å². The van der Waals surface area contributed by atoms with Crippen LogP contribution in [-0.4, -0.2) is 24.5 Å². The summed E-state index contributed by atoms with van der Waals surface area (Å²) < 4.78 is 4.60. The van der Waals surface area contributed by atoms with Gasteiger partial charge in [0.1, 0.15) is 11.2 Å². The number of nitrogens with zero attached hydrogens (tertiary/aromatic N) is 4. The summed E-state index contributed by atoms with van der Waals surface area (Å²) in [6.45, 7) is 8.18. The van der Waals surface area contributed by atoms with Gasteiger partial charge in [-0.05, 0) is 47.9 Å². The Morgan fingerprint density at radius 2 is 1.77 bits per heavy atom. The van der Waals surface area contributed by atoms with Crippen molar-refractivity contribution >= 4 is 33.1 Å². The zero-order chi connectivity index (χ0) is 24.9. The van der Waals surface area contributed by atoms with E-state index in [-0.39, 0.29) is 30.2 Å². The molecule has 0 aliphatic heterocycles. The van der Waals surface area contributed by atoms with Crippen LogP contribution < -0.4 is 11.2 Å². The molecule has 2 aromatic carbocycles. The highest BCUT2D eigenvalue weighted by atomic mass is 32.1. The first-order valence-electron chi connectivity index (χ1n) is 11.5. The van der Waals surface area contributed by atoms with Crippen LogP contribution in [-0.2, 0) is 13.1 Å². The fourth-order valence-corrected chi connectivity index (χ4v) is 5.24. The second-order valence-corrected chi connectivity index (χ2v) is 10.2. The Morgan fingerprint density at radius 1 is 1.03 bits per heavy atom. The van der Waals surface area contributed by atoms with Crippen molar-refractivity contribution in [2.45, 2.75) is 46.7 Å². The highest BCUT2D eigenvalue weighted by molar-refractivity contribution is 7.17. The number of hydrogen-bond acceptors (Lipinski definition) is 5. The molecule has 5 rings (SSSR count). The number of Topliss-reactive ketones (excluding diaryl/α,β-unsaturated/α-hetero) is 1. The molecule has 0 fully saturated rings. The van der Waals surface area contributed by atoms with Gasteiger partial charge in [-0.15, -0.1) is 16.4 Å². The number of thiophene rings is 1. The summed E-state index contributed by atoms with van der Waals surface area (Å²) in [6, 6.07) is 15.4. The van der Waals surface area contributed by atoms with E-state index in [2.05, 4.69) is 31.1 Å². The molecule has 8 heteroatoms. The van der Waals surface area contributed by atoms with Crippen molar-refractivity contribution in [2.75, 3.05) is 0 Å². The van der Waals surface area contributed by atoms with Gasteiger partial charge in [-0.3, -0.25) is 14.2 Å². The van der Waals surface area contributed by atoms with Crippen LogP contribution in [0.2, 0.25) is 0 Å². The quantitative estimate of drug-likeness (QED) is 0.330. The number of aromatic nitrogens is 4. The van der Waals surface area contributed by atoms with Gasteiger partial charge in [-0.25, -0.2) is 13.9 Å². The lowest BCUT2D eigenvalue weighted by molar-refractivity contribution is 0.0965. The predicted octanol–water partition coefficient (Wildman–Crippen LogP) is 4.54. The summed E-state index contributed by atoms with van der Waals surface area (Å²) in [4.78, 5) is 39.8. The number of benzene rings is 2. The van der Waals surface area contributed by atoms with E-state index >= 15 is 0 Å². The number of carbonyl (C=O) groups is 1. The van der Waals surface area contributed by atoms with Crippen molar-refractivity contribution in [3.63, 3.8) is 0 Å². The molecule has 0 atom stereocenters. The fraction of sp³-hybridized carbons (Fsp3) is 0.259. The molecular weight excluding hydrogens is 460 g/mol. The van der Waals surface area contributed by atoms with E-state index in [1.165, 1.54) is 25.9 Å². The van der Waals surface area contributed by atoms with Gasteiger partial charge in [0, 0.05) is 5.56 Å². The maximum Gasteiger partial charge on any atom is 0.352 e. The first kappa shape index (κ1) is 23.0. The molecule has 0 amide bonds. The van der Waals surface area contributed by atoms with Gasteiger partial charge in [-0.2, -0.15) is 0 Å². The zero-order valence-electron chi connectivity index (χ0n) is 20.1. The van der Waals surface area contributed by atoms with Gasteiger partial charge in [-0.1, -0.05) is 61.9 Å². The predicted molar refractivity (Wildman–Crippen MR) is 139 cm³/mol. The number of aryl methyl sites for hydroxylation is 2. The molecule has 7 nitrogen and oxygen atoms in total. The molecule has 5 aromatic rings. The van der Waals surface area contributed by atoms with E-state index in [4.69, 9.17) is 0 Å². The van der Waals surface area contributed by atoms with E-state index in [9.17, 15) is 14.4 Å². The van der Waals surface area contributed by atoms with E-state index in [1.54, 1.807) is 17.5 Å². The monoisotopic (exact) mass is 486 g/mol. The largest absolute Gasteiger partial charge is 0.352 e. The van der Waals surface area contributed by atoms with Crippen molar-refractivity contribution in [1.29, 1.82) is 0 Å². The average molecular weight is 487 g/mol. The Kier molecular flexibility index (Phi) is 5.76. The smallest absolute Gasteiger partial charge is 0.292 e. The Bertz CT molecular complexity index is 1700. The summed E-state index contributed by atoms with van der Waals surface area (Å²) >= 11 is 1.29. The van der Waals surface area contributed by atoms with Crippen molar-refractivity contribution in [3.05, 3.63) is 103 Å². The summed E-state index contributed by atoms with van der Waals surface area (Å²) in [6.07, 6.45) is 0.